The van der Waals surface area contributed by atoms with E-state index in [0.717, 1.165) is 45.6 Å². The first-order valence-corrected chi connectivity index (χ1v) is 10.3. The number of aromatic nitrogens is 4. The van der Waals surface area contributed by atoms with Crippen LogP contribution in [0, 0.1) is 0 Å². The van der Waals surface area contributed by atoms with Crippen molar-refractivity contribution in [2.75, 3.05) is 22.5 Å². The molecule has 156 valence electrons. The van der Waals surface area contributed by atoms with Crippen LogP contribution in [-0.4, -0.2) is 32.3 Å². The third kappa shape index (κ3) is 3.26. The highest BCUT2D eigenvalue weighted by Gasteiger charge is 2.26. The van der Waals surface area contributed by atoms with Crippen LogP contribution >= 0.6 is 0 Å². The van der Waals surface area contributed by atoms with E-state index in [-0.39, 0.29) is 12.1 Å². The normalized spacial score (nSPS) is 13.1. The van der Waals surface area contributed by atoms with Crippen molar-refractivity contribution in [3.8, 4) is 11.3 Å². The van der Waals surface area contributed by atoms with Gasteiger partial charge in [0.15, 0.2) is 5.65 Å². The summed E-state index contributed by atoms with van der Waals surface area (Å²) in [5, 5.41) is 8.51. The summed E-state index contributed by atoms with van der Waals surface area (Å²) in [5.41, 5.74) is 11.4. The second-order valence-electron chi connectivity index (χ2n) is 7.89. The van der Waals surface area contributed by atoms with E-state index in [4.69, 9.17) is 10.8 Å². The highest BCUT2D eigenvalue weighted by atomic mass is 16.2. The van der Waals surface area contributed by atoms with E-state index in [1.165, 1.54) is 6.33 Å². The lowest BCUT2D eigenvalue weighted by Gasteiger charge is -2.18. The van der Waals surface area contributed by atoms with Gasteiger partial charge in [-0.2, -0.15) is 5.10 Å². The Bertz CT molecular complexity index is 1280. The van der Waals surface area contributed by atoms with Crippen LogP contribution in [0.2, 0.25) is 0 Å². The minimum absolute atomic E-state index is 0.134. The van der Waals surface area contributed by atoms with E-state index < -0.39 is 0 Å². The number of para-hydroxylation sites is 1. The van der Waals surface area contributed by atoms with Gasteiger partial charge in [0.1, 0.15) is 17.8 Å². The van der Waals surface area contributed by atoms with Crippen LogP contribution in [-0.2, 0) is 6.42 Å². The Hall–Kier alpha value is -3.94. The average molecular weight is 413 g/mol. The summed E-state index contributed by atoms with van der Waals surface area (Å²) in [6, 6.07) is 15.5. The first-order chi connectivity index (χ1) is 15.0. The van der Waals surface area contributed by atoms with Gasteiger partial charge in [-0.25, -0.2) is 19.4 Å². The maximum absolute atomic E-state index is 12.8. The number of rotatable bonds is 3. The van der Waals surface area contributed by atoms with Crippen LogP contribution in [0.4, 0.5) is 22.0 Å². The fourth-order valence-corrected chi connectivity index (χ4v) is 4.03. The number of urea groups is 1. The summed E-state index contributed by atoms with van der Waals surface area (Å²) in [6.07, 6.45) is 2.24. The maximum Gasteiger partial charge on any atom is 0.326 e. The minimum Gasteiger partial charge on any atom is -0.383 e. The van der Waals surface area contributed by atoms with Crippen molar-refractivity contribution in [3.63, 3.8) is 0 Å². The highest BCUT2D eigenvalue weighted by Crippen LogP contribution is 2.36. The van der Waals surface area contributed by atoms with Gasteiger partial charge in [0.2, 0.25) is 0 Å². The molecular formula is C23H23N7O. The fourth-order valence-electron chi connectivity index (χ4n) is 4.03. The monoisotopic (exact) mass is 413 g/mol. The number of nitrogens with one attached hydrogen (secondary N) is 1. The van der Waals surface area contributed by atoms with Gasteiger partial charge < -0.3 is 11.1 Å². The zero-order chi connectivity index (χ0) is 21.5. The van der Waals surface area contributed by atoms with Crippen molar-refractivity contribution >= 4 is 34.3 Å². The molecule has 4 aromatic rings. The number of carbonyl (C=O) groups is 1. The molecule has 0 unspecified atom stereocenters. The van der Waals surface area contributed by atoms with Crippen LogP contribution < -0.4 is 16.0 Å². The summed E-state index contributed by atoms with van der Waals surface area (Å²) in [5.74, 6) is 0.413. The van der Waals surface area contributed by atoms with E-state index in [9.17, 15) is 4.79 Å². The molecule has 0 saturated heterocycles. The number of benzene rings is 2. The smallest absolute Gasteiger partial charge is 0.326 e. The highest BCUT2D eigenvalue weighted by molar-refractivity contribution is 6.04. The summed E-state index contributed by atoms with van der Waals surface area (Å²) in [7, 11) is 0. The Labute approximate surface area is 179 Å². The molecule has 2 amide bonds. The molecule has 0 atom stereocenters. The molecule has 8 heteroatoms. The molecule has 3 N–H and O–H groups in total. The van der Waals surface area contributed by atoms with Gasteiger partial charge in [-0.05, 0) is 50.1 Å². The molecule has 1 aliphatic heterocycles. The number of amides is 2. The summed E-state index contributed by atoms with van der Waals surface area (Å²) >= 11 is 0. The zero-order valence-electron chi connectivity index (χ0n) is 17.4. The zero-order valence-corrected chi connectivity index (χ0v) is 17.4. The van der Waals surface area contributed by atoms with Crippen molar-refractivity contribution in [2.45, 2.75) is 26.3 Å². The van der Waals surface area contributed by atoms with Crippen molar-refractivity contribution in [2.24, 2.45) is 0 Å². The number of nitrogens with zero attached hydrogens (tertiary/aromatic N) is 5. The number of hydrogen-bond donors (Lipinski definition) is 2. The van der Waals surface area contributed by atoms with E-state index in [0.29, 0.717) is 12.4 Å². The van der Waals surface area contributed by atoms with E-state index in [2.05, 4.69) is 35.2 Å². The first-order valence-electron chi connectivity index (χ1n) is 10.3. The lowest BCUT2D eigenvalue weighted by molar-refractivity contribution is 0.257. The van der Waals surface area contributed by atoms with Gasteiger partial charge in [0, 0.05) is 29.5 Å². The first kappa shape index (κ1) is 19.0. The van der Waals surface area contributed by atoms with Crippen molar-refractivity contribution in [1.29, 1.82) is 0 Å². The van der Waals surface area contributed by atoms with Crippen LogP contribution in [0.1, 0.15) is 25.5 Å². The largest absolute Gasteiger partial charge is 0.383 e. The number of carbonyl (C=O) groups excluding carboxylic acids is 1. The second kappa shape index (κ2) is 7.39. The van der Waals surface area contributed by atoms with Gasteiger partial charge >= 0.3 is 6.03 Å². The van der Waals surface area contributed by atoms with E-state index >= 15 is 0 Å². The molecule has 3 heterocycles. The SMILES string of the molecule is CC(C)n1nc(-c2ccc3c(c2)CCN3C(=O)Nc2ccccc2)c2c(N)ncnc21. The molecule has 2 aromatic heterocycles. The summed E-state index contributed by atoms with van der Waals surface area (Å²) in [4.78, 5) is 23.1. The summed E-state index contributed by atoms with van der Waals surface area (Å²) in [6.45, 7) is 4.74. The third-order valence-electron chi connectivity index (χ3n) is 5.53. The predicted molar refractivity (Wildman–Crippen MR) is 122 cm³/mol. The number of anilines is 3. The molecule has 2 aromatic carbocycles. The van der Waals surface area contributed by atoms with Crippen molar-refractivity contribution in [1.82, 2.24) is 19.7 Å². The third-order valence-corrected chi connectivity index (χ3v) is 5.53. The summed E-state index contributed by atoms with van der Waals surface area (Å²) < 4.78 is 1.87. The molecule has 5 rings (SSSR count). The molecule has 0 bridgehead atoms. The van der Waals surface area contributed by atoms with Gasteiger partial charge in [-0.1, -0.05) is 24.3 Å². The van der Waals surface area contributed by atoms with Gasteiger partial charge in [-0.15, -0.1) is 0 Å². The molecule has 1 aliphatic rings. The average Bonchev–Trinajstić information content (AvgIpc) is 3.36. The van der Waals surface area contributed by atoms with E-state index in [1.807, 2.05) is 47.1 Å². The Kier molecular flexibility index (Phi) is 4.54. The van der Waals surface area contributed by atoms with Crippen molar-refractivity contribution in [3.05, 3.63) is 60.4 Å². The van der Waals surface area contributed by atoms with Gasteiger partial charge in [0.25, 0.3) is 0 Å². The molecule has 8 nitrogen and oxygen atoms in total. The molecule has 0 aliphatic carbocycles. The van der Waals surface area contributed by atoms with Gasteiger partial charge in [0.05, 0.1) is 5.39 Å². The Morgan fingerprint density at radius 3 is 2.71 bits per heavy atom. The Balaban J connectivity index is 1.50. The second-order valence-corrected chi connectivity index (χ2v) is 7.89. The lowest BCUT2D eigenvalue weighted by Crippen LogP contribution is -2.33. The van der Waals surface area contributed by atoms with Crippen molar-refractivity contribution < 1.29 is 4.79 Å². The topological polar surface area (TPSA) is 102 Å². The molecule has 0 spiro atoms. The maximum atomic E-state index is 12.8. The minimum atomic E-state index is -0.134. The number of hydrogen-bond acceptors (Lipinski definition) is 5. The van der Waals surface area contributed by atoms with Crippen LogP contribution in [0.5, 0.6) is 0 Å². The lowest BCUT2D eigenvalue weighted by atomic mass is 10.0. The quantitative estimate of drug-likeness (QED) is 0.523. The number of fused-ring (bicyclic) bond motifs is 2. The molecule has 31 heavy (non-hydrogen) atoms. The Morgan fingerprint density at radius 2 is 1.94 bits per heavy atom. The Morgan fingerprint density at radius 1 is 1.13 bits per heavy atom. The number of nitrogens with two attached hydrogens (primary N) is 1. The standard InChI is InChI=1S/C23H23N7O/c1-14(2)30-22-19(21(24)25-13-26-22)20(28-30)16-8-9-18-15(12-16)10-11-29(18)23(31)27-17-6-4-3-5-7-17/h3-9,12-14H,10-11H2,1-2H3,(H,27,31)(H2,24,25,26). The van der Waals surface area contributed by atoms with Gasteiger partial charge in [-0.3, -0.25) is 4.90 Å². The molecule has 0 radical (unpaired) electrons. The van der Waals surface area contributed by atoms with E-state index in [1.54, 1.807) is 4.90 Å². The molecule has 0 saturated carbocycles. The number of nitrogen functional groups attached to an aromatic ring is 1. The molecular weight excluding hydrogens is 390 g/mol. The fraction of sp³-hybridized carbons (Fsp3) is 0.217. The molecule has 0 fully saturated rings. The van der Waals surface area contributed by atoms with Crippen LogP contribution in [0.3, 0.4) is 0 Å². The van der Waals surface area contributed by atoms with Crippen LogP contribution in [0.15, 0.2) is 54.9 Å². The van der Waals surface area contributed by atoms with Crippen LogP contribution in [0.25, 0.3) is 22.3 Å². The predicted octanol–water partition coefficient (Wildman–Crippen LogP) is 4.25.